The number of ether oxygens (including phenoxy) is 2. The maximum atomic E-state index is 12.4. The Bertz CT molecular complexity index is 539. The van der Waals surface area contributed by atoms with Crippen molar-refractivity contribution in [3.05, 3.63) is 33.4 Å². The summed E-state index contributed by atoms with van der Waals surface area (Å²) >= 11 is 5.60. The van der Waals surface area contributed by atoms with Crippen LogP contribution in [0.2, 0.25) is 0 Å². The zero-order valence-electron chi connectivity index (χ0n) is 11.0. The smallest absolute Gasteiger partial charge is 0.387 e. The molecule has 0 atom stereocenters. The van der Waals surface area contributed by atoms with Gasteiger partial charge in [-0.2, -0.15) is 8.78 Å². The van der Waals surface area contributed by atoms with Crippen LogP contribution in [0, 0.1) is 10.1 Å². The maximum absolute atomic E-state index is 12.4. The van der Waals surface area contributed by atoms with Gasteiger partial charge in [-0.3, -0.25) is 14.9 Å². The summed E-state index contributed by atoms with van der Waals surface area (Å²) in [5.74, 6) is -1.44. The fourth-order valence-electron chi connectivity index (χ4n) is 1.67. The molecule has 1 aromatic carbocycles. The van der Waals surface area contributed by atoms with Gasteiger partial charge in [0.15, 0.2) is 0 Å². The molecule has 1 aromatic rings. The lowest BCUT2D eigenvalue weighted by Gasteiger charge is -2.12. The van der Waals surface area contributed by atoms with Crippen molar-refractivity contribution in [2.75, 3.05) is 6.61 Å². The number of carbonyl (C=O) groups is 1. The highest BCUT2D eigenvalue weighted by atomic mass is 35.5. The SMILES string of the molecule is CCOC(=O)Cc1cc(CCl)cc([N+](=O)[O-])c1OC(F)F. The quantitative estimate of drug-likeness (QED) is 0.333. The molecule has 0 spiro atoms. The van der Waals surface area contributed by atoms with Gasteiger partial charge in [0.1, 0.15) is 0 Å². The molecule has 0 heterocycles. The van der Waals surface area contributed by atoms with E-state index >= 15 is 0 Å². The average molecular weight is 324 g/mol. The zero-order valence-corrected chi connectivity index (χ0v) is 11.7. The topological polar surface area (TPSA) is 78.7 Å². The summed E-state index contributed by atoms with van der Waals surface area (Å²) < 4.78 is 33.7. The standard InChI is InChI=1S/C12H12ClF2NO5/c1-2-20-10(17)5-8-3-7(6-13)4-9(16(18)19)11(8)21-12(14)15/h3-4,12H,2,5-6H2,1H3. The Hall–Kier alpha value is -1.96. The molecule has 9 heteroatoms. The fraction of sp³-hybridized carbons (Fsp3) is 0.417. The number of hydrogen-bond acceptors (Lipinski definition) is 5. The molecular weight excluding hydrogens is 312 g/mol. The van der Waals surface area contributed by atoms with E-state index < -0.39 is 35.4 Å². The van der Waals surface area contributed by atoms with E-state index in [2.05, 4.69) is 4.74 Å². The van der Waals surface area contributed by atoms with Crippen LogP contribution in [0.15, 0.2) is 12.1 Å². The summed E-state index contributed by atoms with van der Waals surface area (Å²) in [6.07, 6.45) is -0.429. The second-order valence-electron chi connectivity index (χ2n) is 3.85. The first-order valence-corrected chi connectivity index (χ1v) is 6.39. The van der Waals surface area contributed by atoms with Gasteiger partial charge >= 0.3 is 18.3 Å². The van der Waals surface area contributed by atoms with E-state index in [4.69, 9.17) is 16.3 Å². The highest BCUT2D eigenvalue weighted by Crippen LogP contribution is 2.35. The lowest BCUT2D eigenvalue weighted by molar-refractivity contribution is -0.386. The average Bonchev–Trinajstić information content (AvgIpc) is 2.39. The molecule has 0 saturated carbocycles. The summed E-state index contributed by atoms with van der Waals surface area (Å²) in [6.45, 7) is -1.58. The highest BCUT2D eigenvalue weighted by molar-refractivity contribution is 6.17. The number of carbonyl (C=O) groups excluding carboxylic acids is 1. The monoisotopic (exact) mass is 323 g/mol. The first-order chi connectivity index (χ1) is 9.88. The van der Waals surface area contributed by atoms with Gasteiger partial charge in [-0.1, -0.05) is 0 Å². The molecule has 6 nitrogen and oxygen atoms in total. The minimum atomic E-state index is -3.26. The van der Waals surface area contributed by atoms with Crippen LogP contribution in [0.25, 0.3) is 0 Å². The molecule has 0 fully saturated rings. The van der Waals surface area contributed by atoms with Crippen molar-refractivity contribution < 1.29 is 28.0 Å². The normalized spacial score (nSPS) is 10.5. The van der Waals surface area contributed by atoms with Crippen LogP contribution in [0.3, 0.4) is 0 Å². The van der Waals surface area contributed by atoms with Crippen molar-refractivity contribution in [1.29, 1.82) is 0 Å². The van der Waals surface area contributed by atoms with E-state index in [1.54, 1.807) is 6.92 Å². The summed E-state index contributed by atoms with van der Waals surface area (Å²) in [4.78, 5) is 21.5. The van der Waals surface area contributed by atoms with E-state index in [0.29, 0.717) is 5.56 Å². The van der Waals surface area contributed by atoms with Crippen LogP contribution in [0.5, 0.6) is 5.75 Å². The van der Waals surface area contributed by atoms with Crippen LogP contribution in [0.4, 0.5) is 14.5 Å². The van der Waals surface area contributed by atoms with Gasteiger partial charge in [0.05, 0.1) is 18.0 Å². The number of esters is 1. The van der Waals surface area contributed by atoms with Crippen molar-refractivity contribution in [2.45, 2.75) is 25.8 Å². The predicted molar refractivity (Wildman–Crippen MR) is 69.6 cm³/mol. The number of nitro groups is 1. The third-order valence-corrected chi connectivity index (χ3v) is 2.71. The zero-order chi connectivity index (χ0) is 16.0. The first-order valence-electron chi connectivity index (χ1n) is 5.85. The van der Waals surface area contributed by atoms with Gasteiger partial charge < -0.3 is 9.47 Å². The molecule has 0 unspecified atom stereocenters. The molecule has 1 rings (SSSR count). The van der Waals surface area contributed by atoms with Crippen molar-refractivity contribution in [3.63, 3.8) is 0 Å². The van der Waals surface area contributed by atoms with Crippen LogP contribution >= 0.6 is 11.6 Å². The van der Waals surface area contributed by atoms with Crippen LogP contribution < -0.4 is 4.74 Å². The number of nitro benzene ring substituents is 1. The molecule has 0 radical (unpaired) electrons. The lowest BCUT2D eigenvalue weighted by Crippen LogP contribution is -2.12. The Morgan fingerprint density at radius 1 is 1.48 bits per heavy atom. The van der Waals surface area contributed by atoms with E-state index in [1.165, 1.54) is 6.07 Å². The van der Waals surface area contributed by atoms with E-state index in [0.717, 1.165) is 6.07 Å². The second kappa shape index (κ2) is 7.72. The molecule has 0 N–H and O–H groups in total. The molecule has 0 amide bonds. The van der Waals surface area contributed by atoms with Crippen LogP contribution in [-0.2, 0) is 21.8 Å². The van der Waals surface area contributed by atoms with Gasteiger partial charge in [0, 0.05) is 17.5 Å². The number of rotatable bonds is 7. The van der Waals surface area contributed by atoms with Crippen molar-refractivity contribution in [1.82, 2.24) is 0 Å². The third-order valence-electron chi connectivity index (χ3n) is 2.40. The third kappa shape index (κ3) is 4.82. The second-order valence-corrected chi connectivity index (χ2v) is 4.12. The minimum Gasteiger partial charge on any atom is -0.466 e. The Labute approximate surface area is 123 Å². The Kier molecular flexibility index (Phi) is 6.29. The van der Waals surface area contributed by atoms with E-state index in [1.807, 2.05) is 0 Å². The number of benzene rings is 1. The van der Waals surface area contributed by atoms with E-state index in [-0.39, 0.29) is 18.1 Å². The summed E-state index contributed by atoms with van der Waals surface area (Å²) in [6, 6.07) is 2.33. The molecular formula is C12H12ClF2NO5. The minimum absolute atomic E-state index is 0.0707. The Morgan fingerprint density at radius 2 is 2.14 bits per heavy atom. The van der Waals surface area contributed by atoms with Crippen molar-refractivity contribution in [2.24, 2.45) is 0 Å². The Balaban J connectivity index is 3.31. The highest BCUT2D eigenvalue weighted by Gasteiger charge is 2.25. The predicted octanol–water partition coefficient (Wildman–Crippen LogP) is 3.04. The van der Waals surface area contributed by atoms with Gasteiger partial charge in [0.25, 0.3) is 0 Å². The molecule has 0 aromatic heterocycles. The molecule has 0 aliphatic heterocycles. The first kappa shape index (κ1) is 17.1. The van der Waals surface area contributed by atoms with E-state index in [9.17, 15) is 23.7 Å². The largest absolute Gasteiger partial charge is 0.466 e. The number of alkyl halides is 3. The molecule has 0 saturated heterocycles. The summed E-state index contributed by atoms with van der Waals surface area (Å²) in [5.41, 5.74) is -0.435. The molecule has 0 aliphatic carbocycles. The number of hydrogen-bond donors (Lipinski definition) is 0. The molecule has 21 heavy (non-hydrogen) atoms. The van der Waals surface area contributed by atoms with Gasteiger partial charge in [-0.25, -0.2) is 0 Å². The van der Waals surface area contributed by atoms with Gasteiger partial charge in [-0.05, 0) is 18.6 Å². The molecule has 0 aliphatic rings. The van der Waals surface area contributed by atoms with Gasteiger partial charge in [0.2, 0.25) is 5.75 Å². The maximum Gasteiger partial charge on any atom is 0.387 e. The fourth-order valence-corrected chi connectivity index (χ4v) is 1.83. The van der Waals surface area contributed by atoms with Crippen molar-refractivity contribution in [3.8, 4) is 5.75 Å². The lowest BCUT2D eigenvalue weighted by atomic mass is 10.1. The summed E-state index contributed by atoms with van der Waals surface area (Å²) in [7, 11) is 0. The molecule has 116 valence electrons. The number of nitrogens with zero attached hydrogens (tertiary/aromatic N) is 1. The van der Waals surface area contributed by atoms with Crippen LogP contribution in [-0.4, -0.2) is 24.1 Å². The Morgan fingerprint density at radius 3 is 2.62 bits per heavy atom. The number of halogens is 3. The van der Waals surface area contributed by atoms with Crippen molar-refractivity contribution >= 4 is 23.3 Å². The van der Waals surface area contributed by atoms with Crippen LogP contribution in [0.1, 0.15) is 18.1 Å². The van der Waals surface area contributed by atoms with Gasteiger partial charge in [-0.15, -0.1) is 11.6 Å². The summed E-state index contributed by atoms with van der Waals surface area (Å²) in [5, 5.41) is 11.0. The molecule has 0 bridgehead atoms.